The number of nitrogens with one attached hydrogen (secondary N) is 1. The molecular weight excluding hydrogens is 422 g/mol. The van der Waals surface area contributed by atoms with Crippen LogP contribution in [0.4, 0.5) is 0 Å². The van der Waals surface area contributed by atoms with E-state index in [4.69, 9.17) is 30.5 Å². The van der Waals surface area contributed by atoms with Gasteiger partial charge in [0.1, 0.15) is 5.75 Å². The number of esters is 1. The Labute approximate surface area is 187 Å². The molecule has 0 aliphatic carbocycles. The summed E-state index contributed by atoms with van der Waals surface area (Å²) < 4.78 is 21.3. The van der Waals surface area contributed by atoms with Gasteiger partial charge < -0.3 is 24.3 Å². The fourth-order valence-electron chi connectivity index (χ4n) is 2.73. The summed E-state index contributed by atoms with van der Waals surface area (Å²) in [6, 6.07) is 10.5. The summed E-state index contributed by atoms with van der Waals surface area (Å²) in [6.45, 7) is 4.36. The number of methoxy groups -OCH3 is 2. The molecule has 8 heteroatoms. The molecule has 1 N–H and O–H groups in total. The van der Waals surface area contributed by atoms with Crippen molar-refractivity contribution in [2.45, 2.75) is 32.8 Å². The van der Waals surface area contributed by atoms with Crippen LogP contribution < -0.4 is 19.5 Å². The fourth-order valence-corrected chi connectivity index (χ4v) is 3.00. The van der Waals surface area contributed by atoms with E-state index in [-0.39, 0.29) is 16.5 Å². The van der Waals surface area contributed by atoms with E-state index in [1.807, 2.05) is 31.2 Å². The van der Waals surface area contributed by atoms with Crippen LogP contribution in [0.1, 0.15) is 36.2 Å². The molecule has 2 rings (SSSR count). The molecule has 0 saturated heterocycles. The lowest BCUT2D eigenvalue weighted by Crippen LogP contribution is -2.36. The maximum Gasteiger partial charge on any atom is 0.339 e. The highest BCUT2D eigenvalue weighted by molar-refractivity contribution is 6.32. The molecule has 0 spiro atoms. The third-order valence-corrected chi connectivity index (χ3v) is 4.72. The van der Waals surface area contributed by atoms with Gasteiger partial charge in [-0.25, -0.2) is 4.79 Å². The molecule has 0 aliphatic rings. The minimum absolute atomic E-state index is 0.170. The SMILES string of the molecule is CCCOc1c(Cl)cc(C(=O)OC(C)C(=O)NCCc2ccc(OC)cc2)cc1OC. The summed E-state index contributed by atoms with van der Waals surface area (Å²) in [7, 11) is 3.06. The molecule has 0 bridgehead atoms. The molecule has 0 fully saturated rings. The molecule has 31 heavy (non-hydrogen) atoms. The van der Waals surface area contributed by atoms with Crippen LogP contribution in [0.5, 0.6) is 17.2 Å². The number of hydrogen-bond acceptors (Lipinski definition) is 6. The Hall–Kier alpha value is -2.93. The van der Waals surface area contributed by atoms with Crippen LogP contribution in [-0.4, -0.2) is 45.4 Å². The number of benzene rings is 2. The van der Waals surface area contributed by atoms with Crippen molar-refractivity contribution in [2.24, 2.45) is 0 Å². The molecule has 7 nitrogen and oxygen atoms in total. The number of hydrogen-bond donors (Lipinski definition) is 1. The van der Waals surface area contributed by atoms with Crippen LogP contribution in [0.2, 0.25) is 5.02 Å². The van der Waals surface area contributed by atoms with Gasteiger partial charge in [0.25, 0.3) is 5.91 Å². The minimum atomic E-state index is -0.968. The van der Waals surface area contributed by atoms with E-state index in [1.165, 1.54) is 26.2 Å². The van der Waals surface area contributed by atoms with Gasteiger partial charge in [0.2, 0.25) is 0 Å². The lowest BCUT2D eigenvalue weighted by Gasteiger charge is -2.16. The molecule has 0 heterocycles. The van der Waals surface area contributed by atoms with Crippen molar-refractivity contribution in [3.8, 4) is 17.2 Å². The molecule has 2 aromatic carbocycles. The van der Waals surface area contributed by atoms with Gasteiger partial charge in [-0.3, -0.25) is 4.79 Å². The quantitative estimate of drug-likeness (QED) is 0.521. The second-order valence-corrected chi connectivity index (χ2v) is 7.18. The third-order valence-electron chi connectivity index (χ3n) is 4.44. The first kappa shape index (κ1) is 24.3. The van der Waals surface area contributed by atoms with Crippen LogP contribution in [0.15, 0.2) is 36.4 Å². The van der Waals surface area contributed by atoms with Crippen molar-refractivity contribution in [1.82, 2.24) is 5.32 Å². The maximum absolute atomic E-state index is 12.5. The van der Waals surface area contributed by atoms with Crippen LogP contribution in [-0.2, 0) is 16.0 Å². The number of carbonyl (C=O) groups is 2. The van der Waals surface area contributed by atoms with Crippen molar-refractivity contribution in [1.29, 1.82) is 0 Å². The van der Waals surface area contributed by atoms with E-state index < -0.39 is 12.1 Å². The van der Waals surface area contributed by atoms with Gasteiger partial charge in [0.15, 0.2) is 17.6 Å². The molecule has 1 atom stereocenters. The summed E-state index contributed by atoms with van der Waals surface area (Å²) in [5.74, 6) is 0.397. The number of amides is 1. The smallest absolute Gasteiger partial charge is 0.339 e. The van der Waals surface area contributed by atoms with Gasteiger partial charge in [-0.05, 0) is 49.6 Å². The first-order valence-electron chi connectivity index (χ1n) is 10.0. The number of halogens is 1. The zero-order valence-corrected chi connectivity index (χ0v) is 19.0. The van der Waals surface area contributed by atoms with Crippen LogP contribution in [0.25, 0.3) is 0 Å². The Morgan fingerprint density at radius 3 is 2.42 bits per heavy atom. The Morgan fingerprint density at radius 1 is 1.10 bits per heavy atom. The molecule has 0 aliphatic heterocycles. The van der Waals surface area contributed by atoms with Gasteiger partial charge in [0.05, 0.1) is 31.4 Å². The standard InChI is InChI=1S/C23H28ClNO6/c1-5-12-30-21-19(24)13-17(14-20(21)29-4)23(27)31-15(2)22(26)25-11-10-16-6-8-18(28-3)9-7-16/h6-9,13-15H,5,10-12H2,1-4H3,(H,25,26). The van der Waals surface area contributed by atoms with Crippen LogP contribution in [0, 0.1) is 0 Å². The van der Waals surface area contributed by atoms with E-state index in [0.717, 1.165) is 17.7 Å². The van der Waals surface area contributed by atoms with Crippen molar-refractivity contribution in [2.75, 3.05) is 27.4 Å². The van der Waals surface area contributed by atoms with Gasteiger partial charge in [-0.15, -0.1) is 0 Å². The van der Waals surface area contributed by atoms with Crippen molar-refractivity contribution in [3.63, 3.8) is 0 Å². The van der Waals surface area contributed by atoms with E-state index in [2.05, 4.69) is 5.32 Å². The largest absolute Gasteiger partial charge is 0.497 e. The third kappa shape index (κ3) is 7.07. The lowest BCUT2D eigenvalue weighted by molar-refractivity contribution is -0.129. The second-order valence-electron chi connectivity index (χ2n) is 6.77. The molecule has 1 amide bonds. The predicted octanol–water partition coefficient (Wildman–Crippen LogP) is 4.05. The molecule has 0 aromatic heterocycles. The average Bonchev–Trinajstić information content (AvgIpc) is 2.77. The summed E-state index contributed by atoms with van der Waals surface area (Å²) in [6.07, 6.45) is 0.473. The van der Waals surface area contributed by atoms with Gasteiger partial charge in [-0.1, -0.05) is 30.7 Å². The van der Waals surface area contributed by atoms with Crippen molar-refractivity contribution >= 4 is 23.5 Å². The van der Waals surface area contributed by atoms with Crippen molar-refractivity contribution in [3.05, 3.63) is 52.5 Å². The Morgan fingerprint density at radius 2 is 1.81 bits per heavy atom. The normalized spacial score (nSPS) is 11.4. The molecule has 168 valence electrons. The number of rotatable bonds is 11. The summed E-state index contributed by atoms with van der Waals surface area (Å²) in [5.41, 5.74) is 1.22. The molecular formula is C23H28ClNO6. The highest BCUT2D eigenvalue weighted by Crippen LogP contribution is 2.36. The lowest BCUT2D eigenvalue weighted by atomic mass is 10.1. The molecule has 0 saturated carbocycles. The zero-order valence-electron chi connectivity index (χ0n) is 18.2. The summed E-state index contributed by atoms with van der Waals surface area (Å²) >= 11 is 6.24. The number of carbonyl (C=O) groups excluding carboxylic acids is 2. The second kappa shape index (κ2) is 12.1. The molecule has 1 unspecified atom stereocenters. The topological polar surface area (TPSA) is 83.1 Å². The van der Waals surface area contributed by atoms with Crippen LogP contribution >= 0.6 is 11.6 Å². The van der Waals surface area contributed by atoms with Gasteiger partial charge in [-0.2, -0.15) is 0 Å². The molecule has 0 radical (unpaired) electrons. The van der Waals surface area contributed by atoms with Gasteiger partial charge >= 0.3 is 5.97 Å². The fraction of sp³-hybridized carbons (Fsp3) is 0.391. The van der Waals surface area contributed by atoms with E-state index in [0.29, 0.717) is 31.1 Å². The first-order valence-corrected chi connectivity index (χ1v) is 10.4. The average molecular weight is 450 g/mol. The Kier molecular flexibility index (Phi) is 9.46. The van der Waals surface area contributed by atoms with E-state index >= 15 is 0 Å². The monoisotopic (exact) mass is 449 g/mol. The zero-order chi connectivity index (χ0) is 22.8. The van der Waals surface area contributed by atoms with Crippen LogP contribution in [0.3, 0.4) is 0 Å². The van der Waals surface area contributed by atoms with Gasteiger partial charge in [0, 0.05) is 6.54 Å². The van der Waals surface area contributed by atoms with E-state index in [9.17, 15) is 9.59 Å². The first-order chi connectivity index (χ1) is 14.9. The van der Waals surface area contributed by atoms with Crippen molar-refractivity contribution < 1.29 is 28.5 Å². The highest BCUT2D eigenvalue weighted by atomic mass is 35.5. The summed E-state index contributed by atoms with van der Waals surface area (Å²) in [5, 5.41) is 3.00. The predicted molar refractivity (Wildman–Crippen MR) is 118 cm³/mol. The summed E-state index contributed by atoms with van der Waals surface area (Å²) in [4.78, 5) is 24.8. The Bertz CT molecular complexity index is 884. The number of ether oxygens (including phenoxy) is 4. The molecule has 2 aromatic rings. The maximum atomic E-state index is 12.5. The highest BCUT2D eigenvalue weighted by Gasteiger charge is 2.21. The Balaban J connectivity index is 1.91. The van der Waals surface area contributed by atoms with E-state index in [1.54, 1.807) is 7.11 Å². The minimum Gasteiger partial charge on any atom is -0.497 e.